The molecule has 1 heterocycles. The van der Waals surface area contributed by atoms with Crippen molar-refractivity contribution in [1.29, 1.82) is 0 Å². The standard InChI is InChI=1S/C12H12N2O2/c1-8-4-3-5-10(6-8)13-12(15)11-7-9(2)14-16-11/h3-7H,1-2H3,(H,13,15). The molecule has 0 radical (unpaired) electrons. The molecule has 0 aliphatic carbocycles. The molecule has 0 atom stereocenters. The highest BCUT2D eigenvalue weighted by molar-refractivity contribution is 6.02. The zero-order chi connectivity index (χ0) is 11.5. The third-order valence-corrected chi connectivity index (χ3v) is 2.13. The van der Waals surface area contributed by atoms with Gasteiger partial charge in [-0.3, -0.25) is 4.79 Å². The molecule has 0 aliphatic heterocycles. The van der Waals surface area contributed by atoms with Crippen LogP contribution in [0.5, 0.6) is 0 Å². The molecule has 0 saturated carbocycles. The highest BCUT2D eigenvalue weighted by Crippen LogP contribution is 2.11. The lowest BCUT2D eigenvalue weighted by atomic mass is 10.2. The first-order chi connectivity index (χ1) is 7.65. The molecule has 1 N–H and O–H groups in total. The van der Waals surface area contributed by atoms with Crippen molar-refractivity contribution < 1.29 is 9.32 Å². The Kier molecular flexibility index (Phi) is 2.72. The number of nitrogens with zero attached hydrogens (tertiary/aromatic N) is 1. The number of anilines is 1. The first kappa shape index (κ1) is 10.4. The van der Waals surface area contributed by atoms with Gasteiger partial charge in [0.15, 0.2) is 0 Å². The Morgan fingerprint density at radius 3 is 2.75 bits per heavy atom. The van der Waals surface area contributed by atoms with Gasteiger partial charge < -0.3 is 9.84 Å². The normalized spacial score (nSPS) is 10.1. The number of aryl methyl sites for hydroxylation is 2. The van der Waals surface area contributed by atoms with E-state index in [9.17, 15) is 4.79 Å². The van der Waals surface area contributed by atoms with Crippen molar-refractivity contribution in [1.82, 2.24) is 5.16 Å². The number of hydrogen-bond donors (Lipinski definition) is 1. The second kappa shape index (κ2) is 4.18. The van der Waals surface area contributed by atoms with Gasteiger partial charge in [0.1, 0.15) is 0 Å². The maximum absolute atomic E-state index is 11.7. The van der Waals surface area contributed by atoms with Crippen LogP contribution in [0.2, 0.25) is 0 Å². The molecule has 1 amide bonds. The number of rotatable bonds is 2. The number of amides is 1. The zero-order valence-corrected chi connectivity index (χ0v) is 9.15. The van der Waals surface area contributed by atoms with Gasteiger partial charge in [0.05, 0.1) is 5.69 Å². The monoisotopic (exact) mass is 216 g/mol. The average molecular weight is 216 g/mol. The lowest BCUT2D eigenvalue weighted by Crippen LogP contribution is -2.10. The van der Waals surface area contributed by atoms with Crippen LogP contribution in [0.15, 0.2) is 34.9 Å². The van der Waals surface area contributed by atoms with Crippen LogP contribution in [-0.4, -0.2) is 11.1 Å². The molecule has 0 aliphatic rings. The summed E-state index contributed by atoms with van der Waals surface area (Å²) in [4.78, 5) is 11.7. The van der Waals surface area contributed by atoms with Crippen molar-refractivity contribution in [2.45, 2.75) is 13.8 Å². The number of carbonyl (C=O) groups excluding carboxylic acids is 1. The molecule has 0 bridgehead atoms. The Morgan fingerprint density at radius 2 is 2.12 bits per heavy atom. The zero-order valence-electron chi connectivity index (χ0n) is 9.15. The molecule has 1 aromatic heterocycles. The number of carbonyl (C=O) groups is 1. The Balaban J connectivity index is 2.13. The molecule has 0 fully saturated rings. The van der Waals surface area contributed by atoms with E-state index in [0.717, 1.165) is 11.3 Å². The fourth-order valence-electron chi connectivity index (χ4n) is 1.39. The van der Waals surface area contributed by atoms with Crippen LogP contribution in [0.4, 0.5) is 5.69 Å². The van der Waals surface area contributed by atoms with E-state index in [2.05, 4.69) is 10.5 Å². The summed E-state index contributed by atoms with van der Waals surface area (Å²) in [5.74, 6) is -0.0646. The third kappa shape index (κ3) is 2.28. The Labute approximate surface area is 93.3 Å². The van der Waals surface area contributed by atoms with E-state index in [1.165, 1.54) is 0 Å². The second-order valence-electron chi connectivity index (χ2n) is 3.66. The van der Waals surface area contributed by atoms with Gasteiger partial charge in [-0.15, -0.1) is 0 Å². The number of hydrogen-bond acceptors (Lipinski definition) is 3. The van der Waals surface area contributed by atoms with Crippen LogP contribution < -0.4 is 5.32 Å². The van der Waals surface area contributed by atoms with Crippen molar-refractivity contribution in [2.75, 3.05) is 5.32 Å². The predicted molar refractivity (Wildman–Crippen MR) is 60.4 cm³/mol. The van der Waals surface area contributed by atoms with E-state index < -0.39 is 0 Å². The molecule has 82 valence electrons. The van der Waals surface area contributed by atoms with Crippen LogP contribution >= 0.6 is 0 Å². The van der Waals surface area contributed by atoms with Crippen LogP contribution in [-0.2, 0) is 0 Å². The number of nitrogens with one attached hydrogen (secondary N) is 1. The molecule has 16 heavy (non-hydrogen) atoms. The average Bonchev–Trinajstić information content (AvgIpc) is 2.65. The maximum atomic E-state index is 11.7. The first-order valence-corrected chi connectivity index (χ1v) is 4.96. The van der Waals surface area contributed by atoms with E-state index in [1.54, 1.807) is 13.0 Å². The van der Waals surface area contributed by atoms with Gasteiger partial charge in [-0.25, -0.2) is 0 Å². The Hall–Kier alpha value is -2.10. The number of aromatic nitrogens is 1. The fourth-order valence-corrected chi connectivity index (χ4v) is 1.39. The number of benzene rings is 1. The molecular formula is C12H12N2O2. The Bertz CT molecular complexity index is 517. The van der Waals surface area contributed by atoms with Crippen LogP contribution in [0, 0.1) is 13.8 Å². The topological polar surface area (TPSA) is 55.1 Å². The van der Waals surface area contributed by atoms with E-state index in [-0.39, 0.29) is 11.7 Å². The maximum Gasteiger partial charge on any atom is 0.294 e. The molecular weight excluding hydrogens is 204 g/mol. The summed E-state index contributed by atoms with van der Waals surface area (Å²) in [6.45, 7) is 3.74. The fraction of sp³-hybridized carbons (Fsp3) is 0.167. The van der Waals surface area contributed by atoms with Gasteiger partial charge >= 0.3 is 0 Å². The molecule has 2 aromatic rings. The van der Waals surface area contributed by atoms with Crippen molar-refractivity contribution in [3.05, 3.63) is 47.3 Å². The molecule has 4 heteroatoms. The lowest BCUT2D eigenvalue weighted by Gasteiger charge is -2.02. The second-order valence-corrected chi connectivity index (χ2v) is 3.66. The van der Waals surface area contributed by atoms with E-state index >= 15 is 0 Å². The predicted octanol–water partition coefficient (Wildman–Crippen LogP) is 2.54. The van der Waals surface area contributed by atoms with E-state index in [1.807, 2.05) is 31.2 Å². The van der Waals surface area contributed by atoms with E-state index in [4.69, 9.17) is 4.52 Å². The minimum Gasteiger partial charge on any atom is -0.351 e. The smallest absolute Gasteiger partial charge is 0.294 e. The van der Waals surface area contributed by atoms with Gasteiger partial charge in [-0.2, -0.15) is 0 Å². The summed E-state index contributed by atoms with van der Waals surface area (Å²) >= 11 is 0. The SMILES string of the molecule is Cc1cccc(NC(=O)c2cc(C)no2)c1. The highest BCUT2D eigenvalue weighted by Gasteiger charge is 2.11. The molecule has 0 saturated heterocycles. The largest absolute Gasteiger partial charge is 0.351 e. The summed E-state index contributed by atoms with van der Waals surface area (Å²) < 4.78 is 4.87. The van der Waals surface area contributed by atoms with Crippen LogP contribution in [0.25, 0.3) is 0 Å². The van der Waals surface area contributed by atoms with Crippen molar-refractivity contribution in [2.24, 2.45) is 0 Å². The quantitative estimate of drug-likeness (QED) is 0.839. The van der Waals surface area contributed by atoms with Crippen LogP contribution in [0.1, 0.15) is 21.8 Å². The molecule has 1 aromatic carbocycles. The van der Waals surface area contributed by atoms with Crippen molar-refractivity contribution >= 4 is 11.6 Å². The minimum atomic E-state index is -0.286. The first-order valence-electron chi connectivity index (χ1n) is 4.96. The highest BCUT2D eigenvalue weighted by atomic mass is 16.5. The molecule has 4 nitrogen and oxygen atoms in total. The third-order valence-electron chi connectivity index (χ3n) is 2.13. The van der Waals surface area contributed by atoms with Crippen LogP contribution in [0.3, 0.4) is 0 Å². The van der Waals surface area contributed by atoms with Gasteiger partial charge in [-0.05, 0) is 31.5 Å². The van der Waals surface area contributed by atoms with Crippen molar-refractivity contribution in [3.63, 3.8) is 0 Å². The van der Waals surface area contributed by atoms with Crippen molar-refractivity contribution in [3.8, 4) is 0 Å². The van der Waals surface area contributed by atoms with Gasteiger partial charge in [-0.1, -0.05) is 17.3 Å². The molecule has 0 spiro atoms. The summed E-state index contributed by atoms with van der Waals surface area (Å²) in [6.07, 6.45) is 0. The minimum absolute atomic E-state index is 0.221. The Morgan fingerprint density at radius 1 is 1.31 bits per heavy atom. The molecule has 2 rings (SSSR count). The van der Waals surface area contributed by atoms with E-state index in [0.29, 0.717) is 5.69 Å². The summed E-state index contributed by atoms with van der Waals surface area (Å²) in [7, 11) is 0. The van der Waals surface area contributed by atoms with Gasteiger partial charge in [0.25, 0.3) is 5.91 Å². The summed E-state index contributed by atoms with van der Waals surface area (Å²) in [6, 6.07) is 9.17. The summed E-state index contributed by atoms with van der Waals surface area (Å²) in [5.41, 5.74) is 2.53. The van der Waals surface area contributed by atoms with Gasteiger partial charge in [0.2, 0.25) is 5.76 Å². The summed E-state index contributed by atoms with van der Waals surface area (Å²) in [5, 5.41) is 6.40. The lowest BCUT2D eigenvalue weighted by molar-refractivity contribution is 0.0988. The van der Waals surface area contributed by atoms with Gasteiger partial charge in [0, 0.05) is 11.8 Å². The molecule has 0 unspecified atom stereocenters.